The van der Waals surface area contributed by atoms with E-state index >= 15 is 0 Å². The second-order valence-electron chi connectivity index (χ2n) is 10.2. The third kappa shape index (κ3) is 2.71. The van der Waals surface area contributed by atoms with E-state index < -0.39 is 8.24 Å². The summed E-state index contributed by atoms with van der Waals surface area (Å²) in [7, 11) is 0.649. The van der Waals surface area contributed by atoms with Crippen molar-refractivity contribution in [2.75, 3.05) is 11.9 Å². The van der Waals surface area contributed by atoms with Crippen LogP contribution >= 0.6 is 0 Å². The van der Waals surface area contributed by atoms with E-state index in [1.165, 1.54) is 11.3 Å². The van der Waals surface area contributed by atoms with Gasteiger partial charge in [-0.2, -0.15) is 0 Å². The molecule has 0 bridgehead atoms. The highest BCUT2D eigenvalue weighted by atomic mass is 28.3. The lowest BCUT2D eigenvalue weighted by molar-refractivity contribution is 0.478. The molecule has 5 atom stereocenters. The molecule has 3 heteroatoms. The Morgan fingerprint density at radius 2 is 1.77 bits per heavy atom. The minimum Gasteiger partial charge on any atom is -0.371 e. The molecule has 0 spiro atoms. The monoisotopic (exact) mass is 366 g/mol. The van der Waals surface area contributed by atoms with Crippen LogP contribution in [0, 0.1) is 11.8 Å². The standard InChI is InChI=1S/C23H34N2Si/c1-15-12-13-16-18(14-15)22(26(6,7)24-23(2,3)4)21-20(16)17-10-8-9-11-19(17)25(21)5/h8-14,16,18,20-22,24H,1-7H3. The SMILES string of the molecule is CC1=CC2C(C=C1)C1c3ccccc3N(C)C1C2[Si](C)(C)NC(C)(C)C. The highest BCUT2D eigenvalue weighted by Gasteiger charge is 2.60. The molecule has 1 N–H and O–H groups in total. The second kappa shape index (κ2) is 5.84. The lowest BCUT2D eigenvalue weighted by atomic mass is 9.81. The highest BCUT2D eigenvalue weighted by molar-refractivity contribution is 6.77. The first-order valence-electron chi connectivity index (χ1n) is 10.1. The van der Waals surface area contributed by atoms with Gasteiger partial charge < -0.3 is 9.88 Å². The zero-order valence-electron chi connectivity index (χ0n) is 17.4. The van der Waals surface area contributed by atoms with Crippen molar-refractivity contribution in [3.8, 4) is 0 Å². The zero-order valence-corrected chi connectivity index (χ0v) is 18.4. The molecule has 0 aromatic heterocycles. The largest absolute Gasteiger partial charge is 0.371 e. The first-order valence-corrected chi connectivity index (χ1v) is 13.2. The third-order valence-corrected chi connectivity index (χ3v) is 10.5. The molecule has 3 aliphatic rings. The van der Waals surface area contributed by atoms with Crippen LogP contribution in [0.3, 0.4) is 0 Å². The van der Waals surface area contributed by atoms with E-state index in [0.717, 1.165) is 0 Å². The Kier molecular flexibility index (Phi) is 4.05. The van der Waals surface area contributed by atoms with Gasteiger partial charge in [-0.05, 0) is 56.7 Å². The van der Waals surface area contributed by atoms with Crippen LogP contribution in [0.1, 0.15) is 39.2 Å². The smallest absolute Gasteiger partial charge is 0.125 e. The number of nitrogens with zero attached hydrogens (tertiary/aromatic N) is 1. The van der Waals surface area contributed by atoms with Crippen molar-refractivity contribution in [3.63, 3.8) is 0 Å². The lowest BCUT2D eigenvalue weighted by Gasteiger charge is -2.44. The number of benzene rings is 1. The molecule has 1 aliphatic heterocycles. The molecule has 0 radical (unpaired) electrons. The van der Waals surface area contributed by atoms with Crippen molar-refractivity contribution >= 4 is 13.9 Å². The van der Waals surface area contributed by atoms with Crippen molar-refractivity contribution in [2.24, 2.45) is 11.8 Å². The fourth-order valence-electron chi connectivity index (χ4n) is 6.32. The fourth-order valence-corrected chi connectivity index (χ4v) is 11.0. The Balaban J connectivity index is 1.83. The molecular formula is C23H34N2Si. The number of para-hydroxylation sites is 1. The maximum atomic E-state index is 4.10. The molecule has 1 heterocycles. The van der Waals surface area contributed by atoms with Crippen LogP contribution < -0.4 is 9.88 Å². The van der Waals surface area contributed by atoms with Crippen LogP contribution in [0.15, 0.2) is 48.1 Å². The van der Waals surface area contributed by atoms with Crippen molar-refractivity contribution in [1.29, 1.82) is 0 Å². The molecule has 1 aromatic carbocycles. The summed E-state index contributed by atoms with van der Waals surface area (Å²) in [5, 5.41) is 0. The van der Waals surface area contributed by atoms with Crippen molar-refractivity contribution in [3.05, 3.63) is 53.6 Å². The molecule has 0 saturated heterocycles. The van der Waals surface area contributed by atoms with Crippen molar-refractivity contribution < 1.29 is 0 Å². The molecule has 0 amide bonds. The Morgan fingerprint density at radius 3 is 2.46 bits per heavy atom. The Labute approximate surface area is 160 Å². The topological polar surface area (TPSA) is 15.3 Å². The van der Waals surface area contributed by atoms with Crippen LogP contribution in [0.5, 0.6) is 0 Å². The highest BCUT2D eigenvalue weighted by Crippen LogP contribution is 2.62. The minimum absolute atomic E-state index is 0.163. The summed E-state index contributed by atoms with van der Waals surface area (Å²) in [6, 6.07) is 9.71. The first-order chi connectivity index (χ1) is 12.1. The van der Waals surface area contributed by atoms with Gasteiger partial charge in [0.05, 0.1) is 0 Å². The quantitative estimate of drug-likeness (QED) is 0.713. The Hall–Kier alpha value is -1.32. The Bertz CT molecular complexity index is 771. The summed E-state index contributed by atoms with van der Waals surface area (Å²) in [5.74, 6) is 1.91. The van der Waals surface area contributed by atoms with E-state index in [1.54, 1.807) is 5.56 Å². The molecule has 1 saturated carbocycles. The van der Waals surface area contributed by atoms with E-state index in [0.29, 0.717) is 29.3 Å². The second-order valence-corrected chi connectivity index (χ2v) is 14.6. The normalized spacial score (nSPS) is 33.0. The molecule has 26 heavy (non-hydrogen) atoms. The van der Waals surface area contributed by atoms with Crippen LogP contribution in [0.25, 0.3) is 0 Å². The summed E-state index contributed by atoms with van der Waals surface area (Å²) in [5.41, 5.74) is 5.32. The summed E-state index contributed by atoms with van der Waals surface area (Å²) in [6.45, 7) is 14.3. The molecule has 2 aliphatic carbocycles. The van der Waals surface area contributed by atoms with Crippen LogP contribution in [-0.4, -0.2) is 26.9 Å². The molecular weight excluding hydrogens is 332 g/mol. The zero-order chi connectivity index (χ0) is 18.9. The fraction of sp³-hybridized carbons (Fsp3) is 0.565. The van der Waals surface area contributed by atoms with E-state index in [1.807, 2.05) is 0 Å². The number of likely N-dealkylation sites (N-methyl/N-ethyl adjacent to an activating group) is 1. The molecule has 2 nitrogen and oxygen atoms in total. The van der Waals surface area contributed by atoms with Crippen molar-refractivity contribution in [2.45, 2.75) is 63.8 Å². The number of hydrogen-bond donors (Lipinski definition) is 1. The van der Waals surface area contributed by atoms with Crippen LogP contribution in [0.2, 0.25) is 18.6 Å². The summed E-state index contributed by atoms with van der Waals surface area (Å²) in [4.78, 5) is 6.71. The van der Waals surface area contributed by atoms with Gasteiger partial charge in [0.25, 0.3) is 0 Å². The van der Waals surface area contributed by atoms with E-state index in [9.17, 15) is 0 Å². The number of allylic oxidation sites excluding steroid dienone is 4. The average molecular weight is 367 g/mol. The van der Waals surface area contributed by atoms with Gasteiger partial charge in [-0.1, -0.05) is 55.1 Å². The first kappa shape index (κ1) is 18.1. The van der Waals surface area contributed by atoms with Gasteiger partial charge in [-0.15, -0.1) is 0 Å². The number of nitrogens with one attached hydrogen (secondary N) is 1. The summed E-state index contributed by atoms with van der Waals surface area (Å²) >= 11 is 0. The molecule has 1 aromatic rings. The van der Waals surface area contributed by atoms with Gasteiger partial charge in [-0.3, -0.25) is 0 Å². The van der Waals surface area contributed by atoms with Gasteiger partial charge in [0.2, 0.25) is 0 Å². The predicted octanol–water partition coefficient (Wildman–Crippen LogP) is 5.31. The number of anilines is 1. The summed E-state index contributed by atoms with van der Waals surface area (Å²) in [6.07, 6.45) is 7.46. The maximum absolute atomic E-state index is 4.10. The van der Waals surface area contributed by atoms with Gasteiger partial charge in [0, 0.05) is 30.2 Å². The molecule has 5 unspecified atom stereocenters. The van der Waals surface area contributed by atoms with E-state index in [-0.39, 0.29) is 5.54 Å². The van der Waals surface area contributed by atoms with Gasteiger partial charge in [0.15, 0.2) is 0 Å². The van der Waals surface area contributed by atoms with Gasteiger partial charge in [-0.25, -0.2) is 0 Å². The molecule has 140 valence electrons. The van der Waals surface area contributed by atoms with E-state index in [2.05, 4.69) is 100 Å². The number of hydrogen-bond acceptors (Lipinski definition) is 2. The van der Waals surface area contributed by atoms with Crippen LogP contribution in [0.4, 0.5) is 5.69 Å². The molecule has 4 rings (SSSR count). The lowest BCUT2D eigenvalue weighted by Crippen LogP contribution is -2.60. The third-order valence-electron chi connectivity index (χ3n) is 6.70. The predicted molar refractivity (Wildman–Crippen MR) is 115 cm³/mol. The van der Waals surface area contributed by atoms with E-state index in [4.69, 9.17) is 0 Å². The van der Waals surface area contributed by atoms with Gasteiger partial charge >= 0.3 is 0 Å². The van der Waals surface area contributed by atoms with Crippen molar-refractivity contribution in [1.82, 2.24) is 4.98 Å². The maximum Gasteiger partial charge on any atom is 0.125 e. The van der Waals surface area contributed by atoms with Gasteiger partial charge in [0.1, 0.15) is 8.24 Å². The molecule has 1 fully saturated rings. The number of fused-ring (bicyclic) bond motifs is 5. The summed E-state index contributed by atoms with van der Waals surface area (Å²) < 4.78 is 0. The Morgan fingerprint density at radius 1 is 1.08 bits per heavy atom. The minimum atomic E-state index is -1.68. The average Bonchev–Trinajstić information content (AvgIpc) is 2.99. The number of rotatable bonds is 2. The van der Waals surface area contributed by atoms with Crippen LogP contribution in [-0.2, 0) is 0 Å².